The first-order valence-electron chi connectivity index (χ1n) is 7.01. The van der Waals surface area contributed by atoms with Gasteiger partial charge < -0.3 is 10.5 Å². The van der Waals surface area contributed by atoms with Crippen molar-refractivity contribution in [3.05, 3.63) is 58.1 Å². The summed E-state index contributed by atoms with van der Waals surface area (Å²) in [5, 5.41) is 7.66. The third kappa shape index (κ3) is 4.08. The summed E-state index contributed by atoms with van der Waals surface area (Å²) in [5.41, 5.74) is 7.51. The molecule has 0 fully saturated rings. The molecule has 3 nitrogen and oxygen atoms in total. The number of unbranched alkanes of at least 4 members (excludes halogenated alkanes) is 1. The van der Waals surface area contributed by atoms with E-state index in [-0.39, 0.29) is 5.84 Å². The highest BCUT2D eigenvalue weighted by Crippen LogP contribution is 2.30. The standard InChI is InChI=1S/C17H19BrN2O/c1-2-3-5-12-8-10-13(11-9-12)21-15-7-4-6-14(18)16(15)17(19)20/h4,6-11H,2-3,5H2,1H3,(H3,19,20). The van der Waals surface area contributed by atoms with E-state index in [4.69, 9.17) is 15.9 Å². The summed E-state index contributed by atoms with van der Waals surface area (Å²) in [5.74, 6) is 1.31. The average Bonchev–Trinajstić information content (AvgIpc) is 2.46. The lowest BCUT2D eigenvalue weighted by Gasteiger charge is -2.12. The van der Waals surface area contributed by atoms with Gasteiger partial charge in [0.1, 0.15) is 17.3 Å². The van der Waals surface area contributed by atoms with E-state index in [9.17, 15) is 0 Å². The quantitative estimate of drug-likeness (QED) is 0.579. The van der Waals surface area contributed by atoms with Gasteiger partial charge in [0.2, 0.25) is 0 Å². The Morgan fingerprint density at radius 3 is 2.52 bits per heavy atom. The molecule has 110 valence electrons. The number of nitrogens with two attached hydrogens (primary N) is 1. The molecule has 0 aliphatic rings. The molecule has 4 heteroatoms. The molecule has 0 aromatic heterocycles. The number of hydrogen-bond acceptors (Lipinski definition) is 2. The second kappa shape index (κ2) is 7.27. The molecule has 3 N–H and O–H groups in total. The third-order valence-corrected chi connectivity index (χ3v) is 3.88. The number of hydrogen-bond donors (Lipinski definition) is 2. The summed E-state index contributed by atoms with van der Waals surface area (Å²) in [6.45, 7) is 2.19. The number of amidine groups is 1. The van der Waals surface area contributed by atoms with Crippen LogP contribution in [-0.2, 0) is 6.42 Å². The maximum absolute atomic E-state index is 7.66. The largest absolute Gasteiger partial charge is 0.457 e. The fourth-order valence-electron chi connectivity index (χ4n) is 2.08. The minimum atomic E-state index is -0.0166. The highest BCUT2D eigenvalue weighted by molar-refractivity contribution is 9.10. The predicted octanol–water partition coefficient (Wildman–Crippen LogP) is 4.87. The lowest BCUT2D eigenvalue weighted by molar-refractivity contribution is 0.481. The summed E-state index contributed by atoms with van der Waals surface area (Å²) in [6, 6.07) is 13.6. The molecule has 21 heavy (non-hydrogen) atoms. The summed E-state index contributed by atoms with van der Waals surface area (Å²) in [7, 11) is 0. The summed E-state index contributed by atoms with van der Waals surface area (Å²) >= 11 is 3.40. The smallest absolute Gasteiger partial charge is 0.139 e. The van der Waals surface area contributed by atoms with Crippen LogP contribution in [0.1, 0.15) is 30.9 Å². The van der Waals surface area contributed by atoms with Crippen molar-refractivity contribution in [3.8, 4) is 11.5 Å². The monoisotopic (exact) mass is 346 g/mol. The Kier molecular flexibility index (Phi) is 5.39. The van der Waals surface area contributed by atoms with E-state index in [0.717, 1.165) is 16.6 Å². The van der Waals surface area contributed by atoms with Crippen molar-refractivity contribution < 1.29 is 4.74 Å². The van der Waals surface area contributed by atoms with Crippen LogP contribution in [0.5, 0.6) is 11.5 Å². The van der Waals surface area contributed by atoms with E-state index in [2.05, 4.69) is 35.0 Å². The van der Waals surface area contributed by atoms with Crippen molar-refractivity contribution >= 4 is 21.8 Å². The highest BCUT2D eigenvalue weighted by atomic mass is 79.9. The van der Waals surface area contributed by atoms with Crippen molar-refractivity contribution in [1.29, 1.82) is 5.41 Å². The van der Waals surface area contributed by atoms with Gasteiger partial charge in [-0.2, -0.15) is 0 Å². The zero-order valence-corrected chi connectivity index (χ0v) is 13.6. The minimum absolute atomic E-state index is 0.0166. The van der Waals surface area contributed by atoms with Crippen LogP contribution in [0.2, 0.25) is 0 Å². The molecule has 0 spiro atoms. The molecule has 2 rings (SSSR count). The zero-order valence-electron chi connectivity index (χ0n) is 12.0. The van der Waals surface area contributed by atoms with E-state index in [1.165, 1.54) is 18.4 Å². The van der Waals surface area contributed by atoms with Gasteiger partial charge in [-0.25, -0.2) is 0 Å². The number of nitrogens with one attached hydrogen (secondary N) is 1. The first-order chi connectivity index (χ1) is 10.1. The van der Waals surface area contributed by atoms with Gasteiger partial charge in [0.15, 0.2) is 0 Å². The van der Waals surface area contributed by atoms with Gasteiger partial charge in [-0.3, -0.25) is 5.41 Å². The third-order valence-electron chi connectivity index (χ3n) is 3.21. The van der Waals surface area contributed by atoms with Gasteiger partial charge in [-0.15, -0.1) is 0 Å². The van der Waals surface area contributed by atoms with Crippen LogP contribution in [0.15, 0.2) is 46.9 Å². The van der Waals surface area contributed by atoms with Crippen molar-refractivity contribution in [1.82, 2.24) is 0 Å². The lowest BCUT2D eigenvalue weighted by Crippen LogP contribution is -2.13. The van der Waals surface area contributed by atoms with Gasteiger partial charge in [-0.05, 0) is 58.6 Å². The van der Waals surface area contributed by atoms with E-state index >= 15 is 0 Å². The van der Waals surface area contributed by atoms with Crippen LogP contribution in [0.4, 0.5) is 0 Å². The molecular formula is C17H19BrN2O. The average molecular weight is 347 g/mol. The maximum Gasteiger partial charge on any atom is 0.139 e. The van der Waals surface area contributed by atoms with Crippen LogP contribution in [0.25, 0.3) is 0 Å². The number of rotatable bonds is 6. The maximum atomic E-state index is 7.66. The zero-order chi connectivity index (χ0) is 15.2. The molecule has 0 saturated heterocycles. The van der Waals surface area contributed by atoms with Gasteiger partial charge in [0.25, 0.3) is 0 Å². The lowest BCUT2D eigenvalue weighted by atomic mass is 10.1. The Morgan fingerprint density at radius 1 is 1.19 bits per heavy atom. The molecule has 0 saturated carbocycles. The Labute approximate surface area is 133 Å². The normalized spacial score (nSPS) is 10.4. The molecular weight excluding hydrogens is 328 g/mol. The molecule has 0 atom stereocenters. The molecule has 0 radical (unpaired) electrons. The SMILES string of the molecule is CCCCc1ccc(Oc2cccc(Br)c2C(=N)N)cc1. The molecule has 0 aliphatic heterocycles. The molecule has 0 aliphatic carbocycles. The van der Waals surface area contributed by atoms with E-state index in [1.807, 2.05) is 30.3 Å². The van der Waals surface area contributed by atoms with Crippen molar-refractivity contribution in [2.75, 3.05) is 0 Å². The van der Waals surface area contributed by atoms with E-state index < -0.39 is 0 Å². The Balaban J connectivity index is 2.19. The highest BCUT2D eigenvalue weighted by Gasteiger charge is 2.11. The molecule has 0 amide bonds. The molecule has 0 unspecified atom stereocenters. The second-order valence-electron chi connectivity index (χ2n) is 4.88. The van der Waals surface area contributed by atoms with Crippen molar-refractivity contribution in [2.45, 2.75) is 26.2 Å². The first-order valence-corrected chi connectivity index (χ1v) is 7.80. The Bertz CT molecular complexity index is 623. The van der Waals surface area contributed by atoms with Gasteiger partial charge >= 0.3 is 0 Å². The number of benzene rings is 2. The van der Waals surface area contributed by atoms with E-state index in [0.29, 0.717) is 11.3 Å². The Hall–Kier alpha value is -1.81. The Morgan fingerprint density at radius 2 is 1.90 bits per heavy atom. The van der Waals surface area contributed by atoms with Crippen LogP contribution in [-0.4, -0.2) is 5.84 Å². The number of ether oxygens (including phenoxy) is 1. The topological polar surface area (TPSA) is 59.1 Å². The molecule has 0 heterocycles. The fourth-order valence-corrected chi connectivity index (χ4v) is 2.64. The summed E-state index contributed by atoms with van der Waals surface area (Å²) < 4.78 is 6.62. The van der Waals surface area contributed by atoms with Crippen LogP contribution in [0, 0.1) is 5.41 Å². The number of aryl methyl sites for hydroxylation is 1. The summed E-state index contributed by atoms with van der Waals surface area (Å²) in [6.07, 6.45) is 3.48. The van der Waals surface area contributed by atoms with Crippen molar-refractivity contribution in [3.63, 3.8) is 0 Å². The minimum Gasteiger partial charge on any atom is -0.457 e. The second-order valence-corrected chi connectivity index (χ2v) is 5.73. The fraction of sp³-hybridized carbons (Fsp3) is 0.235. The van der Waals surface area contributed by atoms with E-state index in [1.54, 1.807) is 0 Å². The van der Waals surface area contributed by atoms with Crippen LogP contribution < -0.4 is 10.5 Å². The van der Waals surface area contributed by atoms with Crippen LogP contribution in [0.3, 0.4) is 0 Å². The first kappa shape index (κ1) is 15.6. The van der Waals surface area contributed by atoms with Gasteiger partial charge in [-0.1, -0.05) is 31.5 Å². The predicted molar refractivity (Wildman–Crippen MR) is 90.3 cm³/mol. The van der Waals surface area contributed by atoms with Crippen LogP contribution >= 0.6 is 15.9 Å². The molecule has 2 aromatic rings. The van der Waals surface area contributed by atoms with Crippen molar-refractivity contribution in [2.24, 2.45) is 5.73 Å². The molecule has 0 bridgehead atoms. The number of halogens is 1. The van der Waals surface area contributed by atoms with Gasteiger partial charge in [0, 0.05) is 4.47 Å². The number of nitrogen functional groups attached to an aromatic ring is 1. The summed E-state index contributed by atoms with van der Waals surface area (Å²) in [4.78, 5) is 0. The van der Waals surface area contributed by atoms with Gasteiger partial charge in [0.05, 0.1) is 5.56 Å². The molecule has 2 aromatic carbocycles.